The molecule has 1 aromatic rings. The molecule has 0 fully saturated rings. The number of rotatable bonds is 5. The van der Waals surface area contributed by atoms with Crippen LogP contribution in [0.5, 0.6) is 0 Å². The number of hydrogen-bond donors (Lipinski definition) is 1. The maximum absolute atomic E-state index is 11.4. The molecule has 0 saturated carbocycles. The van der Waals surface area contributed by atoms with Gasteiger partial charge in [0.2, 0.25) is 5.16 Å². The number of aromatic nitrogens is 3. The monoisotopic (exact) mass is 200 g/mol. The summed E-state index contributed by atoms with van der Waals surface area (Å²) in [6.45, 7) is 5.32. The van der Waals surface area contributed by atoms with E-state index in [0.717, 1.165) is 12.8 Å². The lowest BCUT2D eigenvalue weighted by Crippen LogP contribution is -1.99. The second kappa shape index (κ2) is 4.86. The summed E-state index contributed by atoms with van der Waals surface area (Å²) in [5, 5.41) is 6.66. The van der Waals surface area contributed by atoms with E-state index in [1.807, 2.05) is 6.92 Å². The number of nitrogens with one attached hydrogen (secondary N) is 1. The van der Waals surface area contributed by atoms with Crippen molar-refractivity contribution < 1.29 is 4.21 Å². The average Bonchev–Trinajstić information content (AvgIpc) is 2.62. The summed E-state index contributed by atoms with van der Waals surface area (Å²) >= 11 is 0. The minimum absolute atomic E-state index is 0.250. The molecule has 0 bridgehead atoms. The summed E-state index contributed by atoms with van der Waals surface area (Å²) in [6, 6.07) is 0. The Kier molecular flexibility index (Phi) is 3.75. The molecule has 1 aromatic heterocycles. The van der Waals surface area contributed by atoms with Crippen LogP contribution in [0.1, 0.15) is 19.8 Å². The lowest BCUT2D eigenvalue weighted by molar-refractivity contribution is 0.672. The van der Waals surface area contributed by atoms with E-state index in [1.54, 1.807) is 0 Å². The molecule has 1 atom stereocenters. The third kappa shape index (κ3) is 2.73. The van der Waals surface area contributed by atoms with Crippen LogP contribution in [0.25, 0.3) is 0 Å². The highest BCUT2D eigenvalue weighted by Gasteiger charge is 2.08. The number of aromatic amines is 1. The maximum Gasteiger partial charge on any atom is 0.268 e. The van der Waals surface area contributed by atoms with Crippen LogP contribution in [-0.4, -0.2) is 31.9 Å². The minimum atomic E-state index is -1.08. The number of aliphatic imine (C=N–C) groups is 1. The van der Waals surface area contributed by atoms with E-state index in [0.29, 0.717) is 10.9 Å². The van der Waals surface area contributed by atoms with Crippen molar-refractivity contribution in [1.82, 2.24) is 15.2 Å². The molecule has 1 rings (SSSR count). The lowest BCUT2D eigenvalue weighted by atomic mass is 10.4. The number of H-pyrrole nitrogens is 1. The zero-order valence-electron chi connectivity index (χ0n) is 7.49. The fourth-order valence-electron chi connectivity index (χ4n) is 0.783. The molecule has 0 aliphatic carbocycles. The second-order valence-corrected chi connectivity index (χ2v) is 3.99. The van der Waals surface area contributed by atoms with Crippen LogP contribution in [0.2, 0.25) is 0 Å². The van der Waals surface area contributed by atoms with Gasteiger partial charge in [0, 0.05) is 5.75 Å². The van der Waals surface area contributed by atoms with E-state index in [-0.39, 0.29) is 5.95 Å². The van der Waals surface area contributed by atoms with Crippen LogP contribution in [0.3, 0.4) is 0 Å². The number of nitrogens with zero attached hydrogens (tertiary/aromatic N) is 3. The number of hydrogen-bond acceptors (Lipinski definition) is 4. The van der Waals surface area contributed by atoms with Gasteiger partial charge >= 0.3 is 0 Å². The Hall–Kier alpha value is -1.04. The lowest BCUT2D eigenvalue weighted by Gasteiger charge is -1.93. The van der Waals surface area contributed by atoms with Crippen LogP contribution >= 0.6 is 0 Å². The molecule has 0 radical (unpaired) electrons. The second-order valence-electron chi connectivity index (χ2n) is 2.50. The van der Waals surface area contributed by atoms with Crippen LogP contribution in [0.15, 0.2) is 10.1 Å². The van der Waals surface area contributed by atoms with Crippen molar-refractivity contribution >= 4 is 23.5 Å². The fourth-order valence-corrected chi connectivity index (χ4v) is 1.86. The SMILES string of the molecule is C=Nc1n[nH]c(S(=O)CCCC)n1. The van der Waals surface area contributed by atoms with Gasteiger partial charge in [-0.3, -0.25) is 4.21 Å². The van der Waals surface area contributed by atoms with Gasteiger partial charge in [-0.1, -0.05) is 13.3 Å². The molecular formula is C7H12N4OS. The highest BCUT2D eigenvalue weighted by Crippen LogP contribution is 2.06. The van der Waals surface area contributed by atoms with E-state index in [4.69, 9.17) is 0 Å². The fraction of sp³-hybridized carbons (Fsp3) is 0.571. The van der Waals surface area contributed by atoms with Gasteiger partial charge < -0.3 is 0 Å². The van der Waals surface area contributed by atoms with E-state index >= 15 is 0 Å². The van der Waals surface area contributed by atoms with Crippen molar-refractivity contribution in [3.05, 3.63) is 0 Å². The summed E-state index contributed by atoms with van der Waals surface area (Å²) in [7, 11) is -1.08. The molecule has 0 amide bonds. The van der Waals surface area contributed by atoms with Gasteiger partial charge in [0.05, 0.1) is 10.8 Å². The molecular weight excluding hydrogens is 188 g/mol. The van der Waals surface area contributed by atoms with Crippen molar-refractivity contribution in [2.45, 2.75) is 24.9 Å². The minimum Gasteiger partial charge on any atom is -0.251 e. The third-order valence-corrected chi connectivity index (χ3v) is 2.77. The topological polar surface area (TPSA) is 71.0 Å². The molecule has 1 unspecified atom stereocenters. The predicted molar refractivity (Wildman–Crippen MR) is 51.8 cm³/mol. The summed E-state index contributed by atoms with van der Waals surface area (Å²) in [5.41, 5.74) is 0. The molecule has 0 aromatic carbocycles. The van der Waals surface area contributed by atoms with Gasteiger partial charge in [-0.25, -0.2) is 10.1 Å². The van der Waals surface area contributed by atoms with Crippen LogP contribution in [0.4, 0.5) is 5.95 Å². The Bertz CT molecular complexity index is 309. The van der Waals surface area contributed by atoms with Crippen molar-refractivity contribution in [3.63, 3.8) is 0 Å². The van der Waals surface area contributed by atoms with Crippen LogP contribution in [0, 0.1) is 0 Å². The van der Waals surface area contributed by atoms with Gasteiger partial charge in [0.1, 0.15) is 0 Å². The molecule has 0 spiro atoms. The molecule has 5 nitrogen and oxygen atoms in total. The standard InChI is InChI=1S/C7H12N4OS/c1-3-4-5-13(12)7-9-6(8-2)10-11-7/h2-5H2,1H3,(H,9,10,11). The van der Waals surface area contributed by atoms with Crippen molar-refractivity contribution in [2.24, 2.45) is 4.99 Å². The normalized spacial score (nSPS) is 12.7. The van der Waals surface area contributed by atoms with Gasteiger partial charge in [-0.15, -0.1) is 5.10 Å². The first kappa shape index (κ1) is 10.0. The van der Waals surface area contributed by atoms with Crippen molar-refractivity contribution in [1.29, 1.82) is 0 Å². The smallest absolute Gasteiger partial charge is 0.251 e. The first-order chi connectivity index (χ1) is 6.27. The van der Waals surface area contributed by atoms with E-state index in [1.165, 1.54) is 0 Å². The summed E-state index contributed by atoms with van der Waals surface area (Å²) in [6.07, 6.45) is 1.94. The van der Waals surface area contributed by atoms with Gasteiger partial charge in [0.25, 0.3) is 5.95 Å². The maximum atomic E-state index is 11.4. The largest absolute Gasteiger partial charge is 0.268 e. The first-order valence-corrected chi connectivity index (χ1v) is 5.37. The average molecular weight is 200 g/mol. The van der Waals surface area contributed by atoms with Crippen molar-refractivity contribution in [2.75, 3.05) is 5.75 Å². The molecule has 72 valence electrons. The van der Waals surface area contributed by atoms with E-state index in [9.17, 15) is 4.21 Å². The Morgan fingerprint density at radius 3 is 3.00 bits per heavy atom. The number of unbranched alkanes of at least 4 members (excludes halogenated alkanes) is 1. The van der Waals surface area contributed by atoms with Gasteiger partial charge in [-0.2, -0.15) is 4.98 Å². The zero-order chi connectivity index (χ0) is 9.68. The molecule has 1 heterocycles. The third-order valence-electron chi connectivity index (χ3n) is 1.49. The van der Waals surface area contributed by atoms with E-state index < -0.39 is 10.8 Å². The van der Waals surface area contributed by atoms with Crippen molar-refractivity contribution in [3.8, 4) is 0 Å². The molecule has 0 aliphatic heterocycles. The molecule has 1 N–H and O–H groups in total. The summed E-state index contributed by atoms with van der Waals surface area (Å²) < 4.78 is 11.4. The Balaban J connectivity index is 2.60. The predicted octanol–water partition coefficient (Wildman–Crippen LogP) is 1.04. The van der Waals surface area contributed by atoms with Crippen LogP contribution in [-0.2, 0) is 10.8 Å². The highest BCUT2D eigenvalue weighted by atomic mass is 32.2. The molecule has 13 heavy (non-hydrogen) atoms. The van der Waals surface area contributed by atoms with Crippen LogP contribution < -0.4 is 0 Å². The Morgan fingerprint density at radius 1 is 1.69 bits per heavy atom. The Morgan fingerprint density at radius 2 is 2.46 bits per heavy atom. The molecule has 6 heteroatoms. The molecule has 0 saturated heterocycles. The highest BCUT2D eigenvalue weighted by molar-refractivity contribution is 7.84. The summed E-state index contributed by atoms with van der Waals surface area (Å²) in [5.74, 6) is 0.863. The molecule has 0 aliphatic rings. The van der Waals surface area contributed by atoms with Gasteiger partial charge in [-0.05, 0) is 13.1 Å². The Labute approximate surface area is 79.1 Å². The quantitative estimate of drug-likeness (QED) is 0.722. The van der Waals surface area contributed by atoms with Gasteiger partial charge in [0.15, 0.2) is 0 Å². The zero-order valence-corrected chi connectivity index (χ0v) is 8.30. The summed E-state index contributed by atoms with van der Waals surface area (Å²) in [4.78, 5) is 7.40. The van der Waals surface area contributed by atoms with E-state index in [2.05, 4.69) is 26.9 Å². The first-order valence-electron chi connectivity index (χ1n) is 4.05.